The van der Waals surface area contributed by atoms with Gasteiger partial charge in [0, 0.05) is 11.3 Å². The van der Waals surface area contributed by atoms with Crippen LogP contribution in [-0.4, -0.2) is 19.6 Å². The Labute approximate surface area is 129 Å². The molecule has 112 valence electrons. The predicted molar refractivity (Wildman–Crippen MR) is 86.7 cm³/mol. The Morgan fingerprint density at radius 3 is 2.82 bits per heavy atom. The molecule has 0 atom stereocenters. The summed E-state index contributed by atoms with van der Waals surface area (Å²) in [6.45, 7) is 6.13. The fraction of sp³-hybridized carbons (Fsp3) is 0.353. The number of anilines is 2. The van der Waals surface area contributed by atoms with Crippen LogP contribution < -0.4 is 5.32 Å². The summed E-state index contributed by atoms with van der Waals surface area (Å²) in [5.41, 5.74) is 6.02. The lowest BCUT2D eigenvalue weighted by Gasteiger charge is -2.14. The SMILES string of the molecule is Cc1ccc(C)c(Nc2c3c(nc4nc(C)nn24)CCC3)c1. The molecule has 0 aliphatic heterocycles. The second-order valence-electron chi connectivity index (χ2n) is 6.05. The van der Waals surface area contributed by atoms with Gasteiger partial charge in [0.05, 0.1) is 5.69 Å². The van der Waals surface area contributed by atoms with E-state index in [-0.39, 0.29) is 0 Å². The molecule has 0 unspecified atom stereocenters. The lowest BCUT2D eigenvalue weighted by molar-refractivity contribution is 0.899. The molecular weight excluding hydrogens is 274 g/mol. The lowest BCUT2D eigenvalue weighted by atomic mass is 10.1. The highest BCUT2D eigenvalue weighted by atomic mass is 15.4. The number of aryl methyl sites for hydroxylation is 4. The highest BCUT2D eigenvalue weighted by Gasteiger charge is 2.22. The van der Waals surface area contributed by atoms with Crippen LogP contribution in [-0.2, 0) is 12.8 Å². The minimum atomic E-state index is 0.686. The van der Waals surface area contributed by atoms with Gasteiger partial charge in [0.2, 0.25) is 0 Å². The molecule has 2 heterocycles. The Bertz CT molecular complexity index is 878. The predicted octanol–water partition coefficient (Wildman–Crippen LogP) is 3.28. The van der Waals surface area contributed by atoms with Gasteiger partial charge in [0.1, 0.15) is 11.6 Å². The minimum Gasteiger partial charge on any atom is -0.340 e. The van der Waals surface area contributed by atoms with Gasteiger partial charge < -0.3 is 5.32 Å². The molecule has 1 aromatic carbocycles. The lowest BCUT2D eigenvalue weighted by Crippen LogP contribution is -2.07. The first kappa shape index (κ1) is 13.2. The number of nitrogens with one attached hydrogen (secondary N) is 1. The number of hydrogen-bond acceptors (Lipinski definition) is 4. The van der Waals surface area contributed by atoms with Crippen LogP contribution in [0.5, 0.6) is 0 Å². The maximum Gasteiger partial charge on any atom is 0.254 e. The third kappa shape index (κ3) is 2.04. The van der Waals surface area contributed by atoms with Crippen LogP contribution >= 0.6 is 0 Å². The van der Waals surface area contributed by atoms with Crippen molar-refractivity contribution in [2.45, 2.75) is 40.0 Å². The van der Waals surface area contributed by atoms with Crippen molar-refractivity contribution in [3.63, 3.8) is 0 Å². The van der Waals surface area contributed by atoms with Gasteiger partial charge in [-0.2, -0.15) is 9.50 Å². The van der Waals surface area contributed by atoms with E-state index >= 15 is 0 Å². The molecule has 22 heavy (non-hydrogen) atoms. The Hall–Kier alpha value is -2.43. The number of aromatic nitrogens is 4. The normalized spacial score (nSPS) is 13.6. The van der Waals surface area contributed by atoms with Crippen LogP contribution in [0.25, 0.3) is 5.78 Å². The molecule has 4 rings (SSSR count). The van der Waals surface area contributed by atoms with Crippen LogP contribution in [0.2, 0.25) is 0 Å². The van der Waals surface area contributed by atoms with Crippen molar-refractivity contribution >= 4 is 17.3 Å². The quantitative estimate of drug-likeness (QED) is 0.788. The highest BCUT2D eigenvalue weighted by Crippen LogP contribution is 2.31. The molecule has 0 spiro atoms. The van der Waals surface area contributed by atoms with Gasteiger partial charge >= 0.3 is 0 Å². The van der Waals surface area contributed by atoms with Crippen molar-refractivity contribution < 1.29 is 0 Å². The van der Waals surface area contributed by atoms with Crippen LogP contribution in [0.15, 0.2) is 18.2 Å². The van der Waals surface area contributed by atoms with Crippen LogP contribution in [0, 0.1) is 20.8 Å². The van der Waals surface area contributed by atoms with Crippen molar-refractivity contribution in [2.75, 3.05) is 5.32 Å². The maximum absolute atomic E-state index is 4.67. The van der Waals surface area contributed by atoms with Crippen molar-refractivity contribution in [1.29, 1.82) is 0 Å². The Morgan fingerprint density at radius 1 is 1.09 bits per heavy atom. The van der Waals surface area contributed by atoms with Gasteiger partial charge in [0.15, 0.2) is 0 Å². The number of nitrogens with zero attached hydrogens (tertiary/aromatic N) is 4. The second-order valence-corrected chi connectivity index (χ2v) is 6.05. The summed E-state index contributed by atoms with van der Waals surface area (Å²) in [5.74, 6) is 2.46. The summed E-state index contributed by atoms with van der Waals surface area (Å²) < 4.78 is 1.85. The first-order valence-corrected chi connectivity index (χ1v) is 7.71. The summed E-state index contributed by atoms with van der Waals surface area (Å²) in [6.07, 6.45) is 3.22. The summed E-state index contributed by atoms with van der Waals surface area (Å²) in [6, 6.07) is 6.45. The molecule has 5 heteroatoms. The molecule has 5 nitrogen and oxygen atoms in total. The average Bonchev–Trinajstić information content (AvgIpc) is 3.07. The van der Waals surface area contributed by atoms with Gasteiger partial charge in [-0.15, -0.1) is 5.10 Å². The van der Waals surface area contributed by atoms with Gasteiger partial charge in [-0.1, -0.05) is 12.1 Å². The van der Waals surface area contributed by atoms with E-state index in [4.69, 9.17) is 0 Å². The summed E-state index contributed by atoms with van der Waals surface area (Å²) in [4.78, 5) is 9.10. The van der Waals surface area contributed by atoms with Crippen molar-refractivity contribution in [3.05, 3.63) is 46.4 Å². The molecule has 2 aromatic heterocycles. The van der Waals surface area contributed by atoms with Crippen LogP contribution in [0.3, 0.4) is 0 Å². The van der Waals surface area contributed by atoms with E-state index in [9.17, 15) is 0 Å². The zero-order valence-corrected chi connectivity index (χ0v) is 13.1. The molecule has 0 radical (unpaired) electrons. The standard InChI is InChI=1S/C17H19N5/c1-10-7-8-11(2)15(9-10)19-16-13-5-4-6-14(13)20-17-18-12(3)21-22(16)17/h7-9,19H,4-6H2,1-3H3. The van der Waals surface area contributed by atoms with Gasteiger partial charge in [-0.25, -0.2) is 4.98 Å². The average molecular weight is 293 g/mol. The Balaban J connectivity index is 1.92. The van der Waals surface area contributed by atoms with E-state index in [1.807, 2.05) is 11.4 Å². The first-order chi connectivity index (χ1) is 10.6. The first-order valence-electron chi connectivity index (χ1n) is 7.71. The van der Waals surface area contributed by atoms with E-state index < -0.39 is 0 Å². The third-order valence-corrected chi connectivity index (χ3v) is 4.26. The molecule has 0 amide bonds. The summed E-state index contributed by atoms with van der Waals surface area (Å²) in [5, 5.41) is 8.11. The van der Waals surface area contributed by atoms with Crippen molar-refractivity contribution in [1.82, 2.24) is 19.6 Å². The van der Waals surface area contributed by atoms with Gasteiger partial charge in [-0.05, 0) is 57.2 Å². The van der Waals surface area contributed by atoms with Gasteiger partial charge in [0.25, 0.3) is 5.78 Å². The molecule has 0 bridgehead atoms. The molecule has 1 aliphatic carbocycles. The maximum atomic E-state index is 4.67. The molecular formula is C17H19N5. The molecule has 1 N–H and O–H groups in total. The number of benzene rings is 1. The number of fused-ring (bicyclic) bond motifs is 2. The molecule has 0 saturated heterocycles. The Kier molecular flexibility index (Phi) is 2.89. The zero-order valence-electron chi connectivity index (χ0n) is 13.1. The van der Waals surface area contributed by atoms with E-state index in [0.717, 1.165) is 42.3 Å². The summed E-state index contributed by atoms with van der Waals surface area (Å²) >= 11 is 0. The topological polar surface area (TPSA) is 55.1 Å². The fourth-order valence-electron chi connectivity index (χ4n) is 3.11. The fourth-order valence-corrected chi connectivity index (χ4v) is 3.11. The minimum absolute atomic E-state index is 0.686. The summed E-state index contributed by atoms with van der Waals surface area (Å²) in [7, 11) is 0. The van der Waals surface area contributed by atoms with Crippen LogP contribution in [0.4, 0.5) is 11.5 Å². The number of hydrogen-bond donors (Lipinski definition) is 1. The largest absolute Gasteiger partial charge is 0.340 e. The molecule has 0 saturated carbocycles. The Morgan fingerprint density at radius 2 is 1.95 bits per heavy atom. The molecule has 3 aromatic rings. The molecule has 0 fully saturated rings. The monoisotopic (exact) mass is 293 g/mol. The molecule has 1 aliphatic rings. The third-order valence-electron chi connectivity index (χ3n) is 4.26. The van der Waals surface area contributed by atoms with Crippen LogP contribution in [0.1, 0.15) is 34.6 Å². The zero-order chi connectivity index (χ0) is 15.3. The smallest absolute Gasteiger partial charge is 0.254 e. The van der Waals surface area contributed by atoms with Gasteiger partial charge in [-0.3, -0.25) is 0 Å². The van der Waals surface area contributed by atoms with E-state index in [2.05, 4.69) is 52.4 Å². The van der Waals surface area contributed by atoms with Crippen molar-refractivity contribution in [2.24, 2.45) is 0 Å². The van der Waals surface area contributed by atoms with E-state index in [0.29, 0.717) is 5.78 Å². The number of rotatable bonds is 2. The van der Waals surface area contributed by atoms with E-state index in [1.54, 1.807) is 0 Å². The van der Waals surface area contributed by atoms with Crippen molar-refractivity contribution in [3.8, 4) is 0 Å². The second kappa shape index (κ2) is 4.80. The highest BCUT2D eigenvalue weighted by molar-refractivity contribution is 5.66. The van der Waals surface area contributed by atoms with E-state index in [1.165, 1.54) is 16.7 Å².